The van der Waals surface area contributed by atoms with Gasteiger partial charge in [-0.2, -0.15) is 0 Å². The lowest BCUT2D eigenvalue weighted by Gasteiger charge is -2.22. The maximum atomic E-state index is 12.1. The molecule has 22 heavy (non-hydrogen) atoms. The molecule has 1 aromatic rings. The average Bonchev–Trinajstić information content (AvgIpc) is 2.72. The highest BCUT2D eigenvalue weighted by Crippen LogP contribution is 2.22. The smallest absolute Gasteiger partial charge is 0.267 e. The zero-order valence-corrected chi connectivity index (χ0v) is 13.3. The summed E-state index contributed by atoms with van der Waals surface area (Å²) in [5.74, 6) is 0.231. The fraction of sp³-hybridized carbons (Fsp3) is 0.625. The number of nitrogens with two attached hydrogens (primary N) is 1. The Morgan fingerprint density at radius 1 is 1.32 bits per heavy atom. The van der Waals surface area contributed by atoms with Crippen molar-refractivity contribution in [3.05, 3.63) is 23.8 Å². The standard InChI is InChI=1S/C16H24N4O2/c1-11(2)16(22)20-6-3-4-12(5-7-20)8-13-9-14(15(17)21)19-10-18-13/h9-12H,3-8H2,1-2H3,(H2,17,21)/t12-/m1/s1. The van der Waals surface area contributed by atoms with Gasteiger partial charge in [0.15, 0.2) is 0 Å². The van der Waals surface area contributed by atoms with Crippen molar-refractivity contribution in [1.29, 1.82) is 0 Å². The zero-order chi connectivity index (χ0) is 16.1. The van der Waals surface area contributed by atoms with Crippen molar-refractivity contribution in [3.63, 3.8) is 0 Å². The molecule has 1 aliphatic rings. The van der Waals surface area contributed by atoms with Crippen molar-refractivity contribution >= 4 is 11.8 Å². The summed E-state index contributed by atoms with van der Waals surface area (Å²) in [6.07, 6.45) is 5.23. The molecule has 1 aliphatic heterocycles. The van der Waals surface area contributed by atoms with Gasteiger partial charge in [-0.25, -0.2) is 9.97 Å². The minimum absolute atomic E-state index is 0.0524. The summed E-state index contributed by atoms with van der Waals surface area (Å²) >= 11 is 0. The van der Waals surface area contributed by atoms with Crippen LogP contribution >= 0.6 is 0 Å². The van der Waals surface area contributed by atoms with E-state index in [1.54, 1.807) is 6.07 Å². The number of hydrogen-bond acceptors (Lipinski definition) is 4. The molecule has 0 spiro atoms. The highest BCUT2D eigenvalue weighted by Gasteiger charge is 2.22. The van der Waals surface area contributed by atoms with E-state index in [0.29, 0.717) is 5.92 Å². The normalized spacial score (nSPS) is 19.0. The lowest BCUT2D eigenvalue weighted by molar-refractivity contribution is -0.134. The van der Waals surface area contributed by atoms with Crippen LogP contribution < -0.4 is 5.73 Å². The van der Waals surface area contributed by atoms with Gasteiger partial charge in [-0.05, 0) is 37.7 Å². The van der Waals surface area contributed by atoms with Gasteiger partial charge >= 0.3 is 0 Å². The number of likely N-dealkylation sites (tertiary alicyclic amines) is 1. The number of carbonyl (C=O) groups is 2. The molecule has 1 atom stereocenters. The first-order valence-electron chi connectivity index (χ1n) is 7.87. The first kappa shape index (κ1) is 16.4. The number of hydrogen-bond donors (Lipinski definition) is 1. The van der Waals surface area contributed by atoms with Gasteiger partial charge in [0, 0.05) is 24.7 Å². The molecule has 2 rings (SSSR count). The average molecular weight is 304 g/mol. The van der Waals surface area contributed by atoms with E-state index in [9.17, 15) is 9.59 Å². The SMILES string of the molecule is CC(C)C(=O)N1CCC[C@@H](Cc2cc(C(N)=O)ncn2)CC1. The van der Waals surface area contributed by atoms with Crippen molar-refractivity contribution in [2.24, 2.45) is 17.6 Å². The summed E-state index contributed by atoms with van der Waals surface area (Å²) in [6, 6.07) is 1.67. The van der Waals surface area contributed by atoms with Crippen molar-refractivity contribution in [2.75, 3.05) is 13.1 Å². The Labute approximate surface area is 131 Å². The number of rotatable bonds is 4. The van der Waals surface area contributed by atoms with Gasteiger partial charge in [0.25, 0.3) is 5.91 Å². The molecule has 6 nitrogen and oxygen atoms in total. The monoisotopic (exact) mass is 304 g/mol. The van der Waals surface area contributed by atoms with Crippen LogP contribution in [0.3, 0.4) is 0 Å². The predicted octanol–water partition coefficient (Wildman–Crippen LogP) is 1.40. The molecular weight excluding hydrogens is 280 g/mol. The Morgan fingerprint density at radius 2 is 2.09 bits per heavy atom. The van der Waals surface area contributed by atoms with E-state index in [2.05, 4.69) is 9.97 Å². The van der Waals surface area contributed by atoms with Crippen LogP contribution in [0.5, 0.6) is 0 Å². The number of carbonyl (C=O) groups excluding carboxylic acids is 2. The van der Waals surface area contributed by atoms with Gasteiger partial charge in [-0.15, -0.1) is 0 Å². The molecule has 2 amide bonds. The number of nitrogens with zero attached hydrogens (tertiary/aromatic N) is 3. The van der Waals surface area contributed by atoms with Crippen LogP contribution in [-0.4, -0.2) is 39.8 Å². The Bertz CT molecular complexity index is 545. The zero-order valence-electron chi connectivity index (χ0n) is 13.3. The molecule has 0 aliphatic carbocycles. The summed E-state index contributed by atoms with van der Waals surface area (Å²) in [4.78, 5) is 33.3. The van der Waals surface area contributed by atoms with E-state index in [4.69, 9.17) is 5.73 Å². The van der Waals surface area contributed by atoms with Gasteiger partial charge in [0.05, 0.1) is 0 Å². The Morgan fingerprint density at radius 3 is 2.77 bits per heavy atom. The van der Waals surface area contributed by atoms with Crippen molar-refractivity contribution in [3.8, 4) is 0 Å². The van der Waals surface area contributed by atoms with E-state index < -0.39 is 5.91 Å². The van der Waals surface area contributed by atoms with Crippen LogP contribution in [0.2, 0.25) is 0 Å². The van der Waals surface area contributed by atoms with E-state index in [1.807, 2.05) is 18.7 Å². The minimum atomic E-state index is -0.529. The van der Waals surface area contributed by atoms with Gasteiger partial charge in [0.1, 0.15) is 12.0 Å². The second-order valence-corrected chi connectivity index (χ2v) is 6.24. The first-order valence-corrected chi connectivity index (χ1v) is 7.87. The maximum Gasteiger partial charge on any atom is 0.267 e. The molecule has 2 N–H and O–H groups in total. The summed E-state index contributed by atoms with van der Waals surface area (Å²) in [5.41, 5.74) is 6.35. The van der Waals surface area contributed by atoms with E-state index in [1.165, 1.54) is 6.33 Å². The largest absolute Gasteiger partial charge is 0.364 e. The summed E-state index contributed by atoms with van der Waals surface area (Å²) in [5, 5.41) is 0. The highest BCUT2D eigenvalue weighted by molar-refractivity contribution is 5.90. The fourth-order valence-electron chi connectivity index (χ4n) is 2.89. The third-order valence-electron chi connectivity index (χ3n) is 4.13. The van der Waals surface area contributed by atoms with Gasteiger partial charge in [-0.3, -0.25) is 9.59 Å². The molecular formula is C16H24N4O2. The molecule has 0 saturated carbocycles. The molecule has 0 unspecified atom stereocenters. The molecule has 1 aromatic heterocycles. The van der Waals surface area contributed by atoms with Crippen LogP contribution in [-0.2, 0) is 11.2 Å². The van der Waals surface area contributed by atoms with Gasteiger partial charge in [0.2, 0.25) is 5.91 Å². The lowest BCUT2D eigenvalue weighted by Crippen LogP contribution is -2.35. The molecule has 120 valence electrons. The molecule has 1 fully saturated rings. The third-order valence-corrected chi connectivity index (χ3v) is 4.13. The van der Waals surface area contributed by atoms with Crippen LogP contribution in [0.4, 0.5) is 0 Å². The van der Waals surface area contributed by atoms with E-state index in [-0.39, 0.29) is 17.5 Å². The second kappa shape index (κ2) is 7.33. The van der Waals surface area contributed by atoms with Crippen LogP contribution in [0.1, 0.15) is 49.3 Å². The highest BCUT2D eigenvalue weighted by atomic mass is 16.2. The van der Waals surface area contributed by atoms with Gasteiger partial charge in [-0.1, -0.05) is 13.8 Å². The molecule has 2 heterocycles. The number of amides is 2. The molecule has 1 saturated heterocycles. The van der Waals surface area contributed by atoms with Crippen LogP contribution in [0, 0.1) is 11.8 Å². The van der Waals surface area contributed by atoms with Crippen LogP contribution in [0.25, 0.3) is 0 Å². The molecule has 0 radical (unpaired) electrons. The topological polar surface area (TPSA) is 89.2 Å². The predicted molar refractivity (Wildman–Crippen MR) is 83.0 cm³/mol. The summed E-state index contributed by atoms with van der Waals surface area (Å²) < 4.78 is 0. The maximum absolute atomic E-state index is 12.1. The molecule has 0 bridgehead atoms. The quantitative estimate of drug-likeness (QED) is 0.910. The Kier molecular flexibility index (Phi) is 5.46. The first-order chi connectivity index (χ1) is 10.5. The van der Waals surface area contributed by atoms with Gasteiger partial charge < -0.3 is 10.6 Å². The fourth-order valence-corrected chi connectivity index (χ4v) is 2.89. The van der Waals surface area contributed by atoms with Crippen LogP contribution in [0.15, 0.2) is 12.4 Å². The van der Waals surface area contributed by atoms with E-state index >= 15 is 0 Å². The minimum Gasteiger partial charge on any atom is -0.364 e. The van der Waals surface area contributed by atoms with E-state index in [0.717, 1.165) is 44.5 Å². The summed E-state index contributed by atoms with van der Waals surface area (Å²) in [6.45, 7) is 5.52. The summed E-state index contributed by atoms with van der Waals surface area (Å²) in [7, 11) is 0. The third kappa shape index (κ3) is 4.26. The number of aromatic nitrogens is 2. The Hall–Kier alpha value is -1.98. The van der Waals surface area contributed by atoms with Crippen molar-refractivity contribution in [2.45, 2.75) is 39.5 Å². The van der Waals surface area contributed by atoms with Crippen molar-refractivity contribution < 1.29 is 9.59 Å². The van der Waals surface area contributed by atoms with Crippen molar-refractivity contribution in [1.82, 2.24) is 14.9 Å². The second-order valence-electron chi connectivity index (χ2n) is 6.24. The molecule has 0 aromatic carbocycles. The number of primary amides is 1. The molecule has 6 heteroatoms. The Balaban J connectivity index is 1.96. The lowest BCUT2D eigenvalue weighted by atomic mass is 9.95.